The van der Waals surface area contributed by atoms with Crippen molar-refractivity contribution in [1.82, 2.24) is 9.80 Å². The van der Waals surface area contributed by atoms with Crippen molar-refractivity contribution >= 4 is 27.5 Å². The van der Waals surface area contributed by atoms with Crippen molar-refractivity contribution in [1.29, 1.82) is 0 Å². The molecule has 1 unspecified atom stereocenters. The molecule has 0 radical (unpaired) electrons. The number of halogens is 1. The molecule has 2 fully saturated rings. The zero-order valence-electron chi connectivity index (χ0n) is 14.3. The van der Waals surface area contributed by atoms with Crippen molar-refractivity contribution < 1.29 is 9.53 Å². The van der Waals surface area contributed by atoms with Crippen LogP contribution < -0.4 is 4.90 Å². The monoisotopic (exact) mass is 395 g/mol. The molecule has 0 aliphatic carbocycles. The standard InChI is InChI=1S/C18H26BrN3O2/c1-24-13-12-20-8-10-21(11-9-20)14-15-6-7-22(18(15)23)17-4-2-16(19)3-5-17/h2-5,15H,6-14H2,1H3. The Hall–Kier alpha value is -0.950. The van der Waals surface area contributed by atoms with E-state index in [4.69, 9.17) is 4.74 Å². The molecule has 0 saturated carbocycles. The van der Waals surface area contributed by atoms with Crippen molar-refractivity contribution in [3.63, 3.8) is 0 Å². The molecule has 3 rings (SSSR count). The first-order valence-electron chi connectivity index (χ1n) is 8.68. The number of amides is 1. The van der Waals surface area contributed by atoms with Crippen molar-refractivity contribution in [2.24, 2.45) is 5.92 Å². The highest BCUT2D eigenvalue weighted by atomic mass is 79.9. The van der Waals surface area contributed by atoms with Crippen LogP contribution in [0.4, 0.5) is 5.69 Å². The van der Waals surface area contributed by atoms with E-state index >= 15 is 0 Å². The summed E-state index contributed by atoms with van der Waals surface area (Å²) in [5, 5.41) is 0. The van der Waals surface area contributed by atoms with Gasteiger partial charge in [-0.05, 0) is 30.7 Å². The Kier molecular flexibility index (Phi) is 6.27. The number of benzene rings is 1. The van der Waals surface area contributed by atoms with Crippen molar-refractivity contribution in [3.8, 4) is 0 Å². The van der Waals surface area contributed by atoms with Crippen molar-refractivity contribution in [2.45, 2.75) is 6.42 Å². The second kappa shape index (κ2) is 8.43. The molecule has 2 saturated heterocycles. The van der Waals surface area contributed by atoms with Crippen LogP contribution in [0.25, 0.3) is 0 Å². The molecule has 2 aliphatic heterocycles. The van der Waals surface area contributed by atoms with Crippen LogP contribution in [0.15, 0.2) is 28.7 Å². The normalized spacial score (nSPS) is 23.2. The quantitative estimate of drug-likeness (QED) is 0.738. The number of carbonyl (C=O) groups excluding carboxylic acids is 1. The molecule has 5 nitrogen and oxygen atoms in total. The van der Waals surface area contributed by atoms with E-state index in [1.807, 2.05) is 29.2 Å². The highest BCUT2D eigenvalue weighted by Crippen LogP contribution is 2.27. The van der Waals surface area contributed by atoms with Gasteiger partial charge < -0.3 is 14.5 Å². The summed E-state index contributed by atoms with van der Waals surface area (Å²) < 4.78 is 6.19. The number of nitrogens with zero attached hydrogens (tertiary/aromatic N) is 3. The summed E-state index contributed by atoms with van der Waals surface area (Å²) >= 11 is 3.45. The molecule has 2 heterocycles. The molecule has 0 aromatic heterocycles. The minimum atomic E-state index is 0.138. The van der Waals surface area contributed by atoms with Gasteiger partial charge in [0.05, 0.1) is 12.5 Å². The van der Waals surface area contributed by atoms with Gasteiger partial charge in [0.2, 0.25) is 5.91 Å². The highest BCUT2D eigenvalue weighted by molar-refractivity contribution is 9.10. The average Bonchev–Trinajstić information content (AvgIpc) is 2.96. The Labute approximate surface area is 152 Å². The van der Waals surface area contributed by atoms with E-state index < -0.39 is 0 Å². The lowest BCUT2D eigenvalue weighted by Crippen LogP contribution is -2.49. The number of rotatable bonds is 6. The third-order valence-electron chi connectivity index (χ3n) is 5.01. The Morgan fingerprint density at radius 1 is 1.08 bits per heavy atom. The lowest BCUT2D eigenvalue weighted by Gasteiger charge is -2.35. The lowest BCUT2D eigenvalue weighted by molar-refractivity contribution is -0.121. The summed E-state index contributed by atoms with van der Waals surface area (Å²) in [6.07, 6.45) is 0.957. The number of hydrogen-bond acceptors (Lipinski definition) is 4. The molecule has 1 atom stereocenters. The van der Waals surface area contributed by atoms with Gasteiger partial charge in [-0.25, -0.2) is 0 Å². The van der Waals surface area contributed by atoms with E-state index in [1.54, 1.807) is 7.11 Å². The number of carbonyl (C=O) groups is 1. The number of ether oxygens (including phenoxy) is 1. The van der Waals surface area contributed by atoms with Gasteiger partial charge in [0.25, 0.3) is 0 Å². The fourth-order valence-electron chi connectivity index (χ4n) is 3.51. The Bertz CT molecular complexity index is 544. The van der Waals surface area contributed by atoms with E-state index in [2.05, 4.69) is 25.7 Å². The fraction of sp³-hybridized carbons (Fsp3) is 0.611. The minimum Gasteiger partial charge on any atom is -0.383 e. The van der Waals surface area contributed by atoms with Gasteiger partial charge in [-0.3, -0.25) is 9.69 Å². The summed E-state index contributed by atoms with van der Waals surface area (Å²) in [4.78, 5) is 19.5. The van der Waals surface area contributed by atoms with Crippen LogP contribution in [0.3, 0.4) is 0 Å². The molecular formula is C18H26BrN3O2. The summed E-state index contributed by atoms with van der Waals surface area (Å²) in [5.74, 6) is 0.415. The first kappa shape index (κ1) is 17.9. The first-order chi connectivity index (χ1) is 11.7. The minimum absolute atomic E-state index is 0.138. The van der Waals surface area contributed by atoms with Gasteiger partial charge >= 0.3 is 0 Å². The summed E-state index contributed by atoms with van der Waals surface area (Å²) in [6, 6.07) is 8.02. The zero-order valence-corrected chi connectivity index (χ0v) is 15.9. The Morgan fingerprint density at radius 2 is 1.75 bits per heavy atom. The molecule has 24 heavy (non-hydrogen) atoms. The van der Waals surface area contributed by atoms with Gasteiger partial charge in [-0.2, -0.15) is 0 Å². The van der Waals surface area contributed by atoms with Gasteiger partial charge in [0.15, 0.2) is 0 Å². The van der Waals surface area contributed by atoms with E-state index in [0.29, 0.717) is 0 Å². The third kappa shape index (κ3) is 4.36. The predicted molar refractivity (Wildman–Crippen MR) is 99.4 cm³/mol. The smallest absolute Gasteiger partial charge is 0.231 e. The zero-order chi connectivity index (χ0) is 16.9. The van der Waals surface area contributed by atoms with Crippen LogP contribution in [-0.2, 0) is 9.53 Å². The molecule has 0 spiro atoms. The number of piperazine rings is 1. The molecule has 6 heteroatoms. The summed E-state index contributed by atoms with van der Waals surface area (Å²) in [5.41, 5.74) is 1.01. The van der Waals surface area contributed by atoms with Crippen LogP contribution >= 0.6 is 15.9 Å². The number of methoxy groups -OCH3 is 1. The maximum absolute atomic E-state index is 12.7. The Morgan fingerprint density at radius 3 is 2.42 bits per heavy atom. The fourth-order valence-corrected chi connectivity index (χ4v) is 3.78. The molecular weight excluding hydrogens is 370 g/mol. The van der Waals surface area contributed by atoms with Crippen LogP contribution in [0, 0.1) is 5.92 Å². The highest BCUT2D eigenvalue weighted by Gasteiger charge is 2.34. The first-order valence-corrected chi connectivity index (χ1v) is 9.47. The predicted octanol–water partition coefficient (Wildman–Crippen LogP) is 2.07. The van der Waals surface area contributed by atoms with Crippen LogP contribution in [0.1, 0.15) is 6.42 Å². The van der Waals surface area contributed by atoms with E-state index in [-0.39, 0.29) is 11.8 Å². The molecule has 1 amide bonds. The topological polar surface area (TPSA) is 36.0 Å². The van der Waals surface area contributed by atoms with Gasteiger partial charge in [0.1, 0.15) is 0 Å². The van der Waals surface area contributed by atoms with Crippen LogP contribution in [-0.4, -0.2) is 75.2 Å². The van der Waals surface area contributed by atoms with Crippen LogP contribution in [0.5, 0.6) is 0 Å². The number of hydrogen-bond donors (Lipinski definition) is 0. The second-order valence-electron chi connectivity index (χ2n) is 6.59. The van der Waals surface area contributed by atoms with Crippen LogP contribution in [0.2, 0.25) is 0 Å². The second-order valence-corrected chi connectivity index (χ2v) is 7.50. The Balaban J connectivity index is 1.49. The SMILES string of the molecule is COCCN1CCN(CC2CCN(c3ccc(Br)cc3)C2=O)CC1. The molecule has 2 aliphatic rings. The summed E-state index contributed by atoms with van der Waals surface area (Å²) in [7, 11) is 1.75. The maximum atomic E-state index is 12.7. The molecule has 1 aromatic rings. The third-order valence-corrected chi connectivity index (χ3v) is 5.54. The molecule has 0 bridgehead atoms. The number of anilines is 1. The summed E-state index contributed by atoms with van der Waals surface area (Å²) in [6.45, 7) is 7.76. The van der Waals surface area contributed by atoms with Crippen molar-refractivity contribution in [2.75, 3.05) is 64.4 Å². The van der Waals surface area contributed by atoms with E-state index in [0.717, 1.165) is 69.0 Å². The van der Waals surface area contributed by atoms with Crippen molar-refractivity contribution in [3.05, 3.63) is 28.7 Å². The van der Waals surface area contributed by atoms with E-state index in [1.165, 1.54) is 0 Å². The van der Waals surface area contributed by atoms with Gasteiger partial charge in [0, 0.05) is 63.1 Å². The van der Waals surface area contributed by atoms with E-state index in [9.17, 15) is 4.79 Å². The molecule has 1 aromatic carbocycles. The molecule has 132 valence electrons. The van der Waals surface area contributed by atoms with Gasteiger partial charge in [-0.15, -0.1) is 0 Å². The maximum Gasteiger partial charge on any atom is 0.231 e. The van der Waals surface area contributed by atoms with Gasteiger partial charge in [-0.1, -0.05) is 15.9 Å². The average molecular weight is 396 g/mol. The largest absolute Gasteiger partial charge is 0.383 e. The molecule has 0 N–H and O–H groups in total. The lowest BCUT2D eigenvalue weighted by atomic mass is 10.1.